The number of nitrogens with zero attached hydrogens (tertiary/aromatic N) is 1. The SMILES string of the molecule is CC(C)(O)N(CCO)CCO. The smallest absolute Gasteiger partial charge is 0.112 e. The Hall–Kier alpha value is -0.160. The van der Waals surface area contributed by atoms with Gasteiger partial charge in [0.05, 0.1) is 13.2 Å². The maximum Gasteiger partial charge on any atom is 0.112 e. The van der Waals surface area contributed by atoms with Crippen molar-refractivity contribution in [3.8, 4) is 0 Å². The minimum absolute atomic E-state index is 0.00993. The number of aliphatic hydroxyl groups is 3. The van der Waals surface area contributed by atoms with Gasteiger partial charge in [-0.3, -0.25) is 4.90 Å². The van der Waals surface area contributed by atoms with Gasteiger partial charge in [-0.05, 0) is 13.8 Å². The standard InChI is InChI=1S/C7H17NO3/c1-7(2,11)8(3-5-9)4-6-10/h9-11H,3-6H2,1-2H3. The zero-order chi connectivity index (χ0) is 8.91. The van der Waals surface area contributed by atoms with Gasteiger partial charge in [0, 0.05) is 13.1 Å². The Kier molecular flexibility index (Phi) is 4.60. The summed E-state index contributed by atoms with van der Waals surface area (Å²) in [5.41, 5.74) is -0.967. The van der Waals surface area contributed by atoms with Crippen LogP contribution in [-0.2, 0) is 0 Å². The molecule has 0 aromatic carbocycles. The van der Waals surface area contributed by atoms with E-state index in [0.29, 0.717) is 13.1 Å². The van der Waals surface area contributed by atoms with Crippen molar-refractivity contribution in [1.29, 1.82) is 0 Å². The van der Waals surface area contributed by atoms with Gasteiger partial charge in [-0.2, -0.15) is 0 Å². The number of hydrogen-bond acceptors (Lipinski definition) is 4. The highest BCUT2D eigenvalue weighted by Gasteiger charge is 2.21. The molecular formula is C7H17NO3. The highest BCUT2D eigenvalue weighted by Crippen LogP contribution is 2.07. The van der Waals surface area contributed by atoms with Gasteiger partial charge in [-0.25, -0.2) is 0 Å². The molecule has 3 N–H and O–H groups in total. The van der Waals surface area contributed by atoms with Crippen molar-refractivity contribution in [2.75, 3.05) is 26.3 Å². The van der Waals surface area contributed by atoms with Crippen LogP contribution >= 0.6 is 0 Å². The first-order chi connectivity index (χ1) is 5.02. The first kappa shape index (κ1) is 10.8. The molecule has 4 nitrogen and oxygen atoms in total. The Bertz CT molecular complexity index is 94.3. The average molecular weight is 163 g/mol. The Balaban J connectivity index is 3.88. The van der Waals surface area contributed by atoms with Crippen molar-refractivity contribution in [2.45, 2.75) is 19.6 Å². The van der Waals surface area contributed by atoms with Gasteiger partial charge in [0.1, 0.15) is 5.72 Å². The van der Waals surface area contributed by atoms with Crippen LogP contribution in [0.3, 0.4) is 0 Å². The fourth-order valence-corrected chi connectivity index (χ4v) is 0.900. The molecule has 0 radical (unpaired) electrons. The molecule has 0 spiro atoms. The lowest BCUT2D eigenvalue weighted by molar-refractivity contribution is -0.0884. The van der Waals surface area contributed by atoms with Crippen LogP contribution in [0.1, 0.15) is 13.8 Å². The third-order valence-electron chi connectivity index (χ3n) is 1.51. The van der Waals surface area contributed by atoms with Gasteiger partial charge in [0.2, 0.25) is 0 Å². The quantitative estimate of drug-likeness (QED) is 0.455. The molecular weight excluding hydrogens is 146 g/mol. The van der Waals surface area contributed by atoms with E-state index in [1.54, 1.807) is 18.7 Å². The van der Waals surface area contributed by atoms with E-state index in [4.69, 9.17) is 10.2 Å². The molecule has 0 heterocycles. The molecule has 0 saturated heterocycles. The van der Waals surface area contributed by atoms with Gasteiger partial charge < -0.3 is 15.3 Å². The molecule has 0 aliphatic carbocycles. The predicted octanol–water partition coefficient (Wildman–Crippen LogP) is -0.999. The van der Waals surface area contributed by atoms with Crippen molar-refractivity contribution in [3.05, 3.63) is 0 Å². The van der Waals surface area contributed by atoms with Crippen LogP contribution < -0.4 is 0 Å². The normalized spacial score (nSPS) is 12.5. The summed E-state index contributed by atoms with van der Waals surface area (Å²) in [6.45, 7) is 3.98. The molecule has 0 unspecified atom stereocenters. The summed E-state index contributed by atoms with van der Waals surface area (Å²) in [6, 6.07) is 0. The second kappa shape index (κ2) is 4.66. The van der Waals surface area contributed by atoms with E-state index in [1.807, 2.05) is 0 Å². The van der Waals surface area contributed by atoms with Gasteiger partial charge in [-0.15, -0.1) is 0 Å². The minimum Gasteiger partial charge on any atom is -0.395 e. The molecule has 0 saturated carbocycles. The maximum atomic E-state index is 9.44. The monoisotopic (exact) mass is 163 g/mol. The molecule has 0 aromatic rings. The van der Waals surface area contributed by atoms with Crippen molar-refractivity contribution >= 4 is 0 Å². The molecule has 0 fully saturated rings. The first-order valence-electron chi connectivity index (χ1n) is 3.71. The second-order valence-electron chi connectivity index (χ2n) is 2.93. The van der Waals surface area contributed by atoms with E-state index >= 15 is 0 Å². The summed E-state index contributed by atoms with van der Waals surface area (Å²) in [5.74, 6) is 0. The third kappa shape index (κ3) is 4.31. The fourth-order valence-electron chi connectivity index (χ4n) is 0.900. The third-order valence-corrected chi connectivity index (χ3v) is 1.51. The zero-order valence-electron chi connectivity index (χ0n) is 7.12. The summed E-state index contributed by atoms with van der Waals surface area (Å²) in [7, 11) is 0. The Morgan fingerprint density at radius 3 is 1.64 bits per heavy atom. The van der Waals surface area contributed by atoms with Gasteiger partial charge in [0.15, 0.2) is 0 Å². The summed E-state index contributed by atoms with van der Waals surface area (Å²) in [6.07, 6.45) is 0. The summed E-state index contributed by atoms with van der Waals surface area (Å²) in [5, 5.41) is 26.6. The second-order valence-corrected chi connectivity index (χ2v) is 2.93. The van der Waals surface area contributed by atoms with Gasteiger partial charge in [0.25, 0.3) is 0 Å². The molecule has 4 heteroatoms. The van der Waals surface area contributed by atoms with Crippen molar-refractivity contribution in [2.24, 2.45) is 0 Å². The van der Waals surface area contributed by atoms with Crippen LogP contribution in [-0.4, -0.2) is 52.2 Å². The topological polar surface area (TPSA) is 63.9 Å². The Labute approximate surface area is 67.1 Å². The lowest BCUT2D eigenvalue weighted by Crippen LogP contribution is -2.46. The molecule has 0 bridgehead atoms. The fraction of sp³-hybridized carbons (Fsp3) is 1.00. The molecule has 0 rings (SSSR count). The Morgan fingerprint density at radius 2 is 1.45 bits per heavy atom. The van der Waals surface area contributed by atoms with E-state index in [9.17, 15) is 5.11 Å². The predicted molar refractivity (Wildman–Crippen MR) is 42.0 cm³/mol. The molecule has 0 atom stereocenters. The van der Waals surface area contributed by atoms with Crippen molar-refractivity contribution in [1.82, 2.24) is 4.90 Å². The molecule has 68 valence electrons. The van der Waals surface area contributed by atoms with E-state index in [2.05, 4.69) is 0 Å². The minimum atomic E-state index is -0.967. The van der Waals surface area contributed by atoms with E-state index in [1.165, 1.54) is 0 Å². The highest BCUT2D eigenvalue weighted by atomic mass is 16.3. The summed E-state index contributed by atoms with van der Waals surface area (Å²) >= 11 is 0. The zero-order valence-corrected chi connectivity index (χ0v) is 7.12. The largest absolute Gasteiger partial charge is 0.395 e. The van der Waals surface area contributed by atoms with Crippen LogP contribution in [0.25, 0.3) is 0 Å². The van der Waals surface area contributed by atoms with Crippen LogP contribution in [0.5, 0.6) is 0 Å². The average Bonchev–Trinajstić information content (AvgIpc) is 1.85. The molecule has 0 aromatic heterocycles. The molecule has 0 amide bonds. The van der Waals surface area contributed by atoms with E-state index < -0.39 is 5.72 Å². The first-order valence-corrected chi connectivity index (χ1v) is 3.71. The van der Waals surface area contributed by atoms with Crippen molar-refractivity contribution < 1.29 is 15.3 Å². The van der Waals surface area contributed by atoms with Gasteiger partial charge >= 0.3 is 0 Å². The molecule has 0 aliphatic heterocycles. The lowest BCUT2D eigenvalue weighted by atomic mass is 10.2. The number of rotatable bonds is 5. The summed E-state index contributed by atoms with van der Waals surface area (Å²) in [4.78, 5) is 1.60. The van der Waals surface area contributed by atoms with Gasteiger partial charge in [-0.1, -0.05) is 0 Å². The lowest BCUT2D eigenvalue weighted by Gasteiger charge is -2.32. The van der Waals surface area contributed by atoms with E-state index in [0.717, 1.165) is 0 Å². The maximum absolute atomic E-state index is 9.44. The molecule has 11 heavy (non-hydrogen) atoms. The Morgan fingerprint density at radius 1 is 1.09 bits per heavy atom. The number of aliphatic hydroxyl groups excluding tert-OH is 2. The van der Waals surface area contributed by atoms with Crippen LogP contribution in [0.2, 0.25) is 0 Å². The highest BCUT2D eigenvalue weighted by molar-refractivity contribution is 4.68. The molecule has 0 aliphatic rings. The van der Waals surface area contributed by atoms with Crippen molar-refractivity contribution in [3.63, 3.8) is 0 Å². The van der Waals surface area contributed by atoms with E-state index in [-0.39, 0.29) is 13.2 Å². The summed E-state index contributed by atoms with van der Waals surface area (Å²) < 4.78 is 0. The van der Waals surface area contributed by atoms with Crippen LogP contribution in [0.4, 0.5) is 0 Å². The van der Waals surface area contributed by atoms with Crippen LogP contribution in [0.15, 0.2) is 0 Å². The van der Waals surface area contributed by atoms with Crippen LogP contribution in [0, 0.1) is 0 Å². The number of hydrogen-bond donors (Lipinski definition) is 3.